The van der Waals surface area contributed by atoms with Gasteiger partial charge in [-0.05, 0) is 49.2 Å². The summed E-state index contributed by atoms with van der Waals surface area (Å²) in [7, 11) is 0. The molecule has 0 aliphatic rings. The van der Waals surface area contributed by atoms with Gasteiger partial charge < -0.3 is 15.8 Å². The molecule has 0 saturated heterocycles. The Morgan fingerprint density at radius 1 is 1.20 bits per heavy atom. The minimum Gasteiger partial charge on any atom is -0.484 e. The maximum atomic E-state index is 12.7. The Hall–Kier alpha value is -2.70. The molecule has 4 nitrogen and oxygen atoms in total. The Labute approximate surface area is 143 Å². The zero-order chi connectivity index (χ0) is 18.4. The van der Waals surface area contributed by atoms with Gasteiger partial charge >= 0.3 is 6.18 Å². The van der Waals surface area contributed by atoms with Gasteiger partial charge in [-0.1, -0.05) is 18.2 Å². The Kier molecular flexibility index (Phi) is 5.90. The molecule has 0 aromatic heterocycles. The summed E-state index contributed by atoms with van der Waals surface area (Å²) in [4.78, 5) is 11.9. The second-order valence-electron chi connectivity index (χ2n) is 5.73. The number of hydrogen-bond donors (Lipinski definition) is 2. The van der Waals surface area contributed by atoms with Crippen molar-refractivity contribution in [3.63, 3.8) is 0 Å². The number of nitrogens with two attached hydrogens (primary N) is 1. The molecule has 0 radical (unpaired) electrons. The summed E-state index contributed by atoms with van der Waals surface area (Å²) in [5.74, 6) is 0.159. The maximum absolute atomic E-state index is 12.7. The van der Waals surface area contributed by atoms with E-state index < -0.39 is 11.7 Å². The van der Waals surface area contributed by atoms with E-state index in [0.29, 0.717) is 17.0 Å². The fourth-order valence-corrected chi connectivity index (χ4v) is 2.31. The molecule has 134 valence electrons. The van der Waals surface area contributed by atoms with E-state index in [-0.39, 0.29) is 25.0 Å². The van der Waals surface area contributed by atoms with Crippen LogP contribution in [-0.2, 0) is 17.4 Å². The molecular weight excluding hydrogens is 333 g/mol. The van der Waals surface area contributed by atoms with Crippen molar-refractivity contribution in [2.24, 2.45) is 0 Å². The first-order valence-electron chi connectivity index (χ1n) is 7.68. The first-order valence-corrected chi connectivity index (χ1v) is 7.68. The number of ether oxygens (including phenoxy) is 1. The van der Waals surface area contributed by atoms with Crippen LogP contribution < -0.4 is 15.8 Å². The zero-order valence-electron chi connectivity index (χ0n) is 13.6. The number of rotatable bonds is 6. The normalized spacial score (nSPS) is 12.5. The number of hydrogen-bond acceptors (Lipinski definition) is 3. The molecular formula is C18H19F3N2O2. The van der Waals surface area contributed by atoms with E-state index in [2.05, 4.69) is 5.32 Å². The van der Waals surface area contributed by atoms with E-state index in [0.717, 1.165) is 12.1 Å². The van der Waals surface area contributed by atoms with Crippen molar-refractivity contribution in [3.8, 4) is 5.75 Å². The molecule has 0 spiro atoms. The summed E-state index contributed by atoms with van der Waals surface area (Å²) >= 11 is 0. The molecule has 7 heteroatoms. The van der Waals surface area contributed by atoms with Crippen molar-refractivity contribution in [1.82, 2.24) is 5.32 Å². The van der Waals surface area contributed by atoms with Crippen LogP contribution in [0.3, 0.4) is 0 Å². The Balaban J connectivity index is 1.84. The van der Waals surface area contributed by atoms with Gasteiger partial charge in [-0.2, -0.15) is 13.2 Å². The van der Waals surface area contributed by atoms with Crippen LogP contribution in [0.2, 0.25) is 0 Å². The van der Waals surface area contributed by atoms with Crippen molar-refractivity contribution in [1.29, 1.82) is 0 Å². The number of carbonyl (C=O) groups is 1. The van der Waals surface area contributed by atoms with Crippen LogP contribution in [0.25, 0.3) is 0 Å². The minimum absolute atomic E-state index is 0.184. The van der Waals surface area contributed by atoms with E-state index in [9.17, 15) is 18.0 Å². The number of halogens is 3. The number of nitrogen functional groups attached to an aromatic ring is 1. The largest absolute Gasteiger partial charge is 0.484 e. The van der Waals surface area contributed by atoms with Gasteiger partial charge in [0, 0.05) is 11.7 Å². The van der Waals surface area contributed by atoms with Gasteiger partial charge in [0.25, 0.3) is 5.91 Å². The number of carbonyl (C=O) groups excluding carboxylic acids is 1. The van der Waals surface area contributed by atoms with Gasteiger partial charge in [0.15, 0.2) is 6.61 Å². The lowest BCUT2D eigenvalue weighted by molar-refractivity contribution is -0.137. The molecule has 0 aliphatic carbocycles. The third-order valence-electron chi connectivity index (χ3n) is 3.45. The predicted octanol–water partition coefficient (Wildman–Crippen LogP) is 3.41. The van der Waals surface area contributed by atoms with Gasteiger partial charge in [-0.25, -0.2) is 0 Å². The standard InChI is InChI=1S/C18H19F3N2O2/c1-12(9-13-3-2-4-14(10-13)18(19,20)21)23-17(24)11-25-16-7-5-15(22)6-8-16/h2-8,10,12H,9,11,22H2,1H3,(H,23,24). The molecule has 1 unspecified atom stereocenters. The quantitative estimate of drug-likeness (QED) is 0.783. The van der Waals surface area contributed by atoms with Crippen LogP contribution in [-0.4, -0.2) is 18.6 Å². The molecule has 0 bridgehead atoms. The van der Waals surface area contributed by atoms with Crippen molar-refractivity contribution in [2.45, 2.75) is 25.6 Å². The van der Waals surface area contributed by atoms with Gasteiger partial charge in [-0.15, -0.1) is 0 Å². The lowest BCUT2D eigenvalue weighted by Crippen LogP contribution is -2.37. The second-order valence-corrected chi connectivity index (χ2v) is 5.73. The SMILES string of the molecule is CC(Cc1cccc(C(F)(F)F)c1)NC(=O)COc1ccc(N)cc1. The topological polar surface area (TPSA) is 64.3 Å². The lowest BCUT2D eigenvalue weighted by atomic mass is 10.0. The Morgan fingerprint density at radius 3 is 2.52 bits per heavy atom. The van der Waals surface area contributed by atoms with E-state index in [4.69, 9.17) is 10.5 Å². The molecule has 25 heavy (non-hydrogen) atoms. The number of benzene rings is 2. The van der Waals surface area contributed by atoms with E-state index in [1.807, 2.05) is 0 Å². The van der Waals surface area contributed by atoms with Crippen LogP contribution in [0, 0.1) is 0 Å². The molecule has 1 amide bonds. The summed E-state index contributed by atoms with van der Waals surface area (Å²) in [5, 5.41) is 2.70. The summed E-state index contributed by atoms with van der Waals surface area (Å²) in [6.45, 7) is 1.54. The van der Waals surface area contributed by atoms with Crippen molar-refractivity contribution in [3.05, 3.63) is 59.7 Å². The molecule has 3 N–H and O–H groups in total. The van der Waals surface area contributed by atoms with Crippen LogP contribution in [0.4, 0.5) is 18.9 Å². The van der Waals surface area contributed by atoms with Crippen LogP contribution in [0.1, 0.15) is 18.1 Å². The third-order valence-corrected chi connectivity index (χ3v) is 3.45. The molecule has 0 fully saturated rings. The molecule has 0 saturated carbocycles. The van der Waals surface area contributed by atoms with E-state index in [1.165, 1.54) is 6.07 Å². The highest BCUT2D eigenvalue weighted by Gasteiger charge is 2.30. The number of anilines is 1. The number of nitrogens with one attached hydrogen (secondary N) is 1. The van der Waals surface area contributed by atoms with Crippen LogP contribution >= 0.6 is 0 Å². The van der Waals surface area contributed by atoms with Crippen LogP contribution in [0.5, 0.6) is 5.75 Å². The van der Waals surface area contributed by atoms with Crippen molar-refractivity contribution >= 4 is 11.6 Å². The third kappa shape index (κ3) is 6.02. The highest BCUT2D eigenvalue weighted by atomic mass is 19.4. The monoisotopic (exact) mass is 352 g/mol. The second kappa shape index (κ2) is 7.92. The fraction of sp³-hybridized carbons (Fsp3) is 0.278. The minimum atomic E-state index is -4.38. The maximum Gasteiger partial charge on any atom is 0.416 e. The first-order chi connectivity index (χ1) is 11.7. The van der Waals surface area contributed by atoms with Gasteiger partial charge in [0.05, 0.1) is 5.56 Å². The zero-order valence-corrected chi connectivity index (χ0v) is 13.6. The smallest absolute Gasteiger partial charge is 0.416 e. The van der Waals surface area contributed by atoms with Crippen molar-refractivity contribution < 1.29 is 22.7 Å². The summed E-state index contributed by atoms with van der Waals surface area (Å²) in [6.07, 6.45) is -4.09. The fourth-order valence-electron chi connectivity index (χ4n) is 2.31. The molecule has 1 atom stereocenters. The molecule has 2 aromatic rings. The first kappa shape index (κ1) is 18.6. The lowest BCUT2D eigenvalue weighted by Gasteiger charge is -2.15. The van der Waals surface area contributed by atoms with Crippen molar-refractivity contribution in [2.75, 3.05) is 12.3 Å². The predicted molar refractivity (Wildman–Crippen MR) is 89.1 cm³/mol. The molecule has 2 rings (SSSR count). The molecule has 0 heterocycles. The average Bonchev–Trinajstić information content (AvgIpc) is 2.53. The molecule has 2 aromatic carbocycles. The Bertz CT molecular complexity index is 715. The number of amides is 1. The highest BCUT2D eigenvalue weighted by molar-refractivity contribution is 5.77. The Morgan fingerprint density at radius 2 is 1.88 bits per heavy atom. The summed E-state index contributed by atoms with van der Waals surface area (Å²) < 4.78 is 43.4. The highest BCUT2D eigenvalue weighted by Crippen LogP contribution is 2.29. The van der Waals surface area contributed by atoms with E-state index >= 15 is 0 Å². The summed E-state index contributed by atoms with van der Waals surface area (Å²) in [6, 6.07) is 11.3. The van der Waals surface area contributed by atoms with Gasteiger partial charge in [0.2, 0.25) is 0 Å². The number of alkyl halides is 3. The molecule has 0 aliphatic heterocycles. The van der Waals surface area contributed by atoms with Crippen LogP contribution in [0.15, 0.2) is 48.5 Å². The van der Waals surface area contributed by atoms with E-state index in [1.54, 1.807) is 37.3 Å². The van der Waals surface area contributed by atoms with Gasteiger partial charge in [-0.3, -0.25) is 4.79 Å². The average molecular weight is 352 g/mol. The summed E-state index contributed by atoms with van der Waals surface area (Å²) in [5.41, 5.74) is 5.95. The van der Waals surface area contributed by atoms with Gasteiger partial charge in [0.1, 0.15) is 5.75 Å².